The van der Waals surface area contributed by atoms with E-state index in [1.54, 1.807) is 0 Å². The number of fused-ring (bicyclic) bond motifs is 4. The van der Waals surface area contributed by atoms with Gasteiger partial charge >= 0.3 is 6.03 Å². The van der Waals surface area contributed by atoms with Crippen molar-refractivity contribution in [2.24, 2.45) is 0 Å². The van der Waals surface area contributed by atoms with Crippen LogP contribution in [0.5, 0.6) is 0 Å². The molecule has 3 aliphatic rings. The lowest BCUT2D eigenvalue weighted by Gasteiger charge is -2.42. The van der Waals surface area contributed by atoms with Gasteiger partial charge in [0.2, 0.25) is 0 Å². The fourth-order valence-corrected chi connectivity index (χ4v) is 6.41. The third-order valence-corrected chi connectivity index (χ3v) is 8.26. The van der Waals surface area contributed by atoms with Crippen molar-refractivity contribution in [3.63, 3.8) is 0 Å². The molecule has 1 aromatic heterocycles. The van der Waals surface area contributed by atoms with Gasteiger partial charge < -0.3 is 20.2 Å². The van der Waals surface area contributed by atoms with Crippen molar-refractivity contribution in [3.05, 3.63) is 64.4 Å². The summed E-state index contributed by atoms with van der Waals surface area (Å²) >= 11 is 6.66. The Morgan fingerprint density at radius 2 is 1.76 bits per heavy atom. The number of rotatable bonds is 3. The molecule has 6 nitrogen and oxygen atoms in total. The van der Waals surface area contributed by atoms with E-state index in [1.165, 1.54) is 6.42 Å². The highest BCUT2D eigenvalue weighted by Crippen LogP contribution is 2.49. The van der Waals surface area contributed by atoms with Crippen LogP contribution in [0.3, 0.4) is 0 Å². The van der Waals surface area contributed by atoms with E-state index in [2.05, 4.69) is 21.6 Å². The maximum atomic E-state index is 12.5. The number of urea groups is 1. The van der Waals surface area contributed by atoms with Crippen molar-refractivity contribution in [3.8, 4) is 0 Å². The van der Waals surface area contributed by atoms with Crippen LogP contribution >= 0.6 is 11.6 Å². The first-order valence-corrected chi connectivity index (χ1v) is 12.7. The molecular weight excluding hydrogens is 450 g/mol. The predicted molar refractivity (Wildman–Crippen MR) is 133 cm³/mol. The van der Waals surface area contributed by atoms with Crippen molar-refractivity contribution in [2.45, 2.75) is 62.6 Å². The summed E-state index contributed by atoms with van der Waals surface area (Å²) in [5.74, 6) is 0.882. The summed E-state index contributed by atoms with van der Waals surface area (Å²) < 4.78 is 6.47. The quantitative estimate of drug-likeness (QED) is 0.439. The Morgan fingerprint density at radius 1 is 1.03 bits per heavy atom. The third kappa shape index (κ3) is 3.69. The fraction of sp³-hybridized carbons (Fsp3) is 0.444. The maximum absolute atomic E-state index is 12.5. The summed E-state index contributed by atoms with van der Waals surface area (Å²) in [5.41, 5.74) is 2.30. The Balaban J connectivity index is 1.28. The molecule has 0 atom stereocenters. The molecule has 1 spiro atoms. The van der Waals surface area contributed by atoms with E-state index >= 15 is 0 Å². The van der Waals surface area contributed by atoms with Crippen molar-refractivity contribution in [1.82, 2.24) is 10.2 Å². The largest absolute Gasteiger partial charge is 0.459 e. The molecule has 2 aliphatic heterocycles. The van der Waals surface area contributed by atoms with E-state index in [4.69, 9.17) is 16.0 Å². The minimum Gasteiger partial charge on any atom is -0.459 e. The van der Waals surface area contributed by atoms with E-state index in [0.29, 0.717) is 30.1 Å². The number of nitrogens with one attached hydrogen (secondary N) is 2. The van der Waals surface area contributed by atoms with Gasteiger partial charge in [0, 0.05) is 24.0 Å². The van der Waals surface area contributed by atoms with Crippen LogP contribution in [-0.2, 0) is 17.7 Å². The summed E-state index contributed by atoms with van der Waals surface area (Å²) in [6, 6.07) is 13.7. The summed E-state index contributed by atoms with van der Waals surface area (Å²) in [5, 5.41) is 18.8. The predicted octanol–water partition coefficient (Wildman–Crippen LogP) is 5.86. The van der Waals surface area contributed by atoms with Gasteiger partial charge in [-0.1, -0.05) is 61.2 Å². The SMILES string of the molecule is O=C1Nc2c(Cl)cc3cc(CN4CCC(O)(c5ccccc5)CC4)oc3c2C2(CCCCC2)N1. The zero-order valence-electron chi connectivity index (χ0n) is 19.2. The molecule has 2 fully saturated rings. The first-order chi connectivity index (χ1) is 16.5. The number of anilines is 1. The summed E-state index contributed by atoms with van der Waals surface area (Å²) in [7, 11) is 0. The molecular formula is C27H30ClN3O3. The molecule has 34 heavy (non-hydrogen) atoms. The highest BCUT2D eigenvalue weighted by Gasteiger charge is 2.44. The molecule has 3 N–H and O–H groups in total. The first-order valence-electron chi connectivity index (χ1n) is 12.3. The third-order valence-electron chi connectivity index (χ3n) is 7.96. The molecule has 3 heterocycles. The Labute approximate surface area is 204 Å². The van der Waals surface area contributed by atoms with Crippen LogP contribution < -0.4 is 10.6 Å². The summed E-state index contributed by atoms with van der Waals surface area (Å²) in [6.07, 6.45) is 6.48. The van der Waals surface area contributed by atoms with Gasteiger partial charge in [0.15, 0.2) is 0 Å². The molecule has 0 unspecified atom stereocenters. The van der Waals surface area contributed by atoms with Crippen LogP contribution in [0, 0.1) is 0 Å². The number of benzene rings is 2. The lowest BCUT2D eigenvalue weighted by molar-refractivity contribution is -0.0288. The van der Waals surface area contributed by atoms with Gasteiger partial charge in [-0.05, 0) is 43.4 Å². The number of halogens is 1. The number of hydrogen-bond acceptors (Lipinski definition) is 4. The molecule has 0 radical (unpaired) electrons. The number of furan rings is 1. The molecule has 1 saturated heterocycles. The molecule has 7 heteroatoms. The van der Waals surface area contributed by atoms with Crippen molar-refractivity contribution in [2.75, 3.05) is 18.4 Å². The number of carbonyl (C=O) groups is 1. The smallest absolute Gasteiger partial charge is 0.319 e. The van der Waals surface area contributed by atoms with Gasteiger partial charge in [-0.25, -0.2) is 4.79 Å². The van der Waals surface area contributed by atoms with Gasteiger partial charge in [0.25, 0.3) is 0 Å². The molecule has 2 amide bonds. The molecule has 2 aromatic carbocycles. The number of likely N-dealkylation sites (tertiary alicyclic amines) is 1. The number of amides is 2. The van der Waals surface area contributed by atoms with Gasteiger partial charge in [-0.2, -0.15) is 0 Å². The van der Waals surface area contributed by atoms with Crippen molar-refractivity contribution in [1.29, 1.82) is 0 Å². The molecule has 1 aliphatic carbocycles. The number of hydrogen-bond donors (Lipinski definition) is 3. The highest BCUT2D eigenvalue weighted by atomic mass is 35.5. The fourth-order valence-electron chi connectivity index (χ4n) is 6.15. The van der Waals surface area contributed by atoms with E-state index in [-0.39, 0.29) is 6.03 Å². The lowest BCUT2D eigenvalue weighted by atomic mass is 9.74. The van der Waals surface area contributed by atoms with E-state index in [0.717, 1.165) is 66.6 Å². The average molecular weight is 480 g/mol. The molecule has 178 valence electrons. The molecule has 0 bridgehead atoms. The van der Waals surface area contributed by atoms with E-state index in [1.807, 2.05) is 36.4 Å². The zero-order chi connectivity index (χ0) is 23.3. The monoisotopic (exact) mass is 479 g/mol. The van der Waals surface area contributed by atoms with Crippen LogP contribution in [0.15, 0.2) is 46.9 Å². The van der Waals surface area contributed by atoms with Crippen LogP contribution in [0.1, 0.15) is 61.8 Å². The standard InChI is InChI=1S/C27H30ClN3O3/c28-21-16-18-15-20(17-31-13-11-27(33,12-14-31)19-7-3-1-4-8-19)34-24(18)22-23(21)29-25(32)30-26(22)9-5-2-6-10-26/h1,3-4,7-8,15-16,33H,2,5-6,9-14,17H2,(H2,29,30,32). The molecule has 6 rings (SSSR count). The van der Waals surface area contributed by atoms with Crippen LogP contribution in [0.25, 0.3) is 11.0 Å². The van der Waals surface area contributed by atoms with E-state index < -0.39 is 11.1 Å². The van der Waals surface area contributed by atoms with Crippen LogP contribution in [0.4, 0.5) is 10.5 Å². The van der Waals surface area contributed by atoms with Crippen molar-refractivity contribution >= 4 is 34.3 Å². The van der Waals surface area contributed by atoms with Crippen LogP contribution in [-0.4, -0.2) is 29.1 Å². The minimum atomic E-state index is -0.768. The van der Waals surface area contributed by atoms with Crippen molar-refractivity contribution < 1.29 is 14.3 Å². The first kappa shape index (κ1) is 22.0. The number of carbonyl (C=O) groups excluding carboxylic acids is 1. The molecule has 1 saturated carbocycles. The Hall–Kier alpha value is -2.54. The van der Waals surface area contributed by atoms with Gasteiger partial charge in [-0.15, -0.1) is 0 Å². The Kier molecular flexibility index (Phi) is 5.36. The summed E-state index contributed by atoms with van der Waals surface area (Å²) in [4.78, 5) is 14.8. The van der Waals surface area contributed by atoms with Gasteiger partial charge in [0.05, 0.1) is 28.4 Å². The van der Waals surface area contributed by atoms with E-state index in [9.17, 15) is 9.90 Å². The Bertz CT molecular complexity index is 1220. The highest BCUT2D eigenvalue weighted by molar-refractivity contribution is 6.35. The topological polar surface area (TPSA) is 77.7 Å². The normalized spacial score (nSPS) is 21.8. The number of piperidine rings is 1. The second-order valence-electron chi connectivity index (χ2n) is 10.1. The average Bonchev–Trinajstić information content (AvgIpc) is 3.23. The Morgan fingerprint density at radius 3 is 2.50 bits per heavy atom. The van der Waals surface area contributed by atoms with Crippen LogP contribution in [0.2, 0.25) is 5.02 Å². The zero-order valence-corrected chi connectivity index (χ0v) is 20.0. The number of aliphatic hydroxyl groups is 1. The second-order valence-corrected chi connectivity index (χ2v) is 10.5. The van der Waals surface area contributed by atoms with Gasteiger partial charge in [0.1, 0.15) is 11.3 Å². The minimum absolute atomic E-state index is 0.193. The lowest BCUT2D eigenvalue weighted by Crippen LogP contribution is -2.52. The second kappa shape index (κ2) is 8.29. The molecule has 3 aromatic rings. The van der Waals surface area contributed by atoms with Gasteiger partial charge in [-0.3, -0.25) is 4.90 Å². The number of nitrogens with zero attached hydrogens (tertiary/aromatic N) is 1. The summed E-state index contributed by atoms with van der Waals surface area (Å²) in [6.45, 7) is 2.27. The maximum Gasteiger partial charge on any atom is 0.319 e.